The Bertz CT molecular complexity index is 1390. The van der Waals surface area contributed by atoms with Crippen molar-refractivity contribution in [2.24, 2.45) is 37.6 Å². The van der Waals surface area contributed by atoms with E-state index in [1.807, 2.05) is 0 Å². The van der Waals surface area contributed by atoms with Crippen LogP contribution in [0, 0.1) is 22.7 Å². The van der Waals surface area contributed by atoms with Gasteiger partial charge in [0.25, 0.3) is 0 Å². The van der Waals surface area contributed by atoms with Crippen molar-refractivity contribution in [2.45, 2.75) is 74.1 Å². The van der Waals surface area contributed by atoms with E-state index in [1.54, 1.807) is 0 Å². The lowest BCUT2D eigenvalue weighted by atomic mass is 9.74. The first kappa shape index (κ1) is 31.3. The minimum absolute atomic E-state index is 0.175. The Morgan fingerprint density at radius 1 is 0.767 bits per heavy atom. The highest BCUT2D eigenvalue weighted by molar-refractivity contribution is 6.09. The summed E-state index contributed by atoms with van der Waals surface area (Å²) in [5.74, 6) is 3.27. The molecule has 1 aromatic rings. The molecular formula is C36H55N7. The van der Waals surface area contributed by atoms with Gasteiger partial charge in [-0.25, -0.2) is 15.0 Å². The van der Waals surface area contributed by atoms with Crippen molar-refractivity contribution < 1.29 is 0 Å². The van der Waals surface area contributed by atoms with Crippen LogP contribution in [0.25, 0.3) is 0 Å². The first-order chi connectivity index (χ1) is 20.0. The van der Waals surface area contributed by atoms with E-state index in [0.717, 1.165) is 60.9 Å². The summed E-state index contributed by atoms with van der Waals surface area (Å²) >= 11 is 0. The summed E-state index contributed by atoms with van der Waals surface area (Å²) in [5, 5.41) is 0. The van der Waals surface area contributed by atoms with Gasteiger partial charge in [-0.1, -0.05) is 74.5 Å². The number of aliphatic imine (C=N–C) groups is 3. The third-order valence-electron chi connectivity index (χ3n) is 9.46. The van der Waals surface area contributed by atoms with Crippen LogP contribution in [-0.4, -0.2) is 91.6 Å². The lowest BCUT2D eigenvalue weighted by molar-refractivity contribution is 0.166. The smallest absolute Gasteiger partial charge is 0.201 e. The standard InChI is InChI=1S/C36H55N7/c1-22(2)25-14-27-24(5)28-15-26(23(3)4)17-30(38-34-42(12)20-36(8,9)21-43(34)13)32(28)39-31(27)29(16-25)37-33-40(10)18-35(6,7)19-41(33)11/h14-17,22-24,27H,18-21H2,1-13H3. The van der Waals surface area contributed by atoms with Crippen LogP contribution in [-0.2, 0) is 0 Å². The van der Waals surface area contributed by atoms with Gasteiger partial charge in [-0.05, 0) is 57.4 Å². The van der Waals surface area contributed by atoms with E-state index in [4.69, 9.17) is 15.0 Å². The SMILES string of the molecule is CC(C)C1=CC2C(=Nc3c(N=C4N(C)CC(C)(C)CN4C)cc(C(C)C)cc3C2C)C(N=C2N(C)CC(C)(C)CN2C)=C1. The molecule has 3 aliphatic heterocycles. The Kier molecular flexibility index (Phi) is 8.11. The van der Waals surface area contributed by atoms with E-state index in [-0.39, 0.29) is 22.7 Å². The van der Waals surface area contributed by atoms with Crippen LogP contribution in [0.4, 0.5) is 11.4 Å². The van der Waals surface area contributed by atoms with Gasteiger partial charge in [0.1, 0.15) is 0 Å². The quantitative estimate of drug-likeness (QED) is 0.374. The van der Waals surface area contributed by atoms with Crippen LogP contribution in [0.5, 0.6) is 0 Å². The average molecular weight is 586 g/mol. The molecule has 2 saturated heterocycles. The fourth-order valence-electron chi connectivity index (χ4n) is 7.65. The Hall–Kier alpha value is -3.09. The zero-order valence-corrected chi connectivity index (χ0v) is 29.1. The van der Waals surface area contributed by atoms with Gasteiger partial charge in [0, 0.05) is 60.3 Å². The van der Waals surface area contributed by atoms with E-state index in [2.05, 4.69) is 134 Å². The van der Waals surface area contributed by atoms with Crippen LogP contribution in [0.15, 0.2) is 50.5 Å². The lowest BCUT2D eigenvalue weighted by Crippen LogP contribution is -2.54. The number of fused-ring (bicyclic) bond motifs is 2. The van der Waals surface area contributed by atoms with Gasteiger partial charge in [-0.15, -0.1) is 0 Å². The number of benzene rings is 1. The predicted octanol–water partition coefficient (Wildman–Crippen LogP) is 7.25. The third kappa shape index (κ3) is 6.14. The first-order valence-corrected chi connectivity index (χ1v) is 16.2. The highest BCUT2D eigenvalue weighted by Gasteiger charge is 2.38. The van der Waals surface area contributed by atoms with Gasteiger partial charge >= 0.3 is 0 Å². The summed E-state index contributed by atoms with van der Waals surface area (Å²) in [6.07, 6.45) is 4.74. The number of hydrogen-bond donors (Lipinski definition) is 0. The Morgan fingerprint density at radius 3 is 1.77 bits per heavy atom. The zero-order chi connectivity index (χ0) is 31.6. The van der Waals surface area contributed by atoms with Gasteiger partial charge in [0.2, 0.25) is 11.9 Å². The molecule has 2 atom stereocenters. The minimum Gasteiger partial charge on any atom is -0.345 e. The first-order valence-electron chi connectivity index (χ1n) is 16.2. The van der Waals surface area contributed by atoms with E-state index < -0.39 is 0 Å². The average Bonchev–Trinajstić information content (AvgIpc) is 2.87. The maximum Gasteiger partial charge on any atom is 0.201 e. The summed E-state index contributed by atoms with van der Waals surface area (Å²) in [4.78, 5) is 25.5. The van der Waals surface area contributed by atoms with Crippen LogP contribution < -0.4 is 0 Å². The molecule has 0 spiro atoms. The lowest BCUT2D eigenvalue weighted by Gasteiger charge is -2.44. The van der Waals surface area contributed by atoms with Gasteiger partial charge in [-0.3, -0.25) is 0 Å². The molecule has 7 heteroatoms. The van der Waals surface area contributed by atoms with E-state index in [1.165, 1.54) is 16.7 Å². The Morgan fingerprint density at radius 2 is 1.28 bits per heavy atom. The predicted molar refractivity (Wildman–Crippen MR) is 183 cm³/mol. The summed E-state index contributed by atoms with van der Waals surface area (Å²) in [6, 6.07) is 4.66. The maximum absolute atomic E-state index is 5.50. The van der Waals surface area contributed by atoms with Gasteiger partial charge in [-0.2, -0.15) is 0 Å². The molecule has 2 unspecified atom stereocenters. The molecule has 0 saturated carbocycles. The van der Waals surface area contributed by atoms with Gasteiger partial charge in [0.15, 0.2) is 0 Å². The molecule has 43 heavy (non-hydrogen) atoms. The van der Waals surface area contributed by atoms with Crippen LogP contribution in [0.2, 0.25) is 0 Å². The van der Waals surface area contributed by atoms with Gasteiger partial charge in [0.05, 0.1) is 22.8 Å². The number of nitrogens with zero attached hydrogens (tertiary/aromatic N) is 7. The minimum atomic E-state index is 0.175. The van der Waals surface area contributed by atoms with E-state index in [9.17, 15) is 0 Å². The molecule has 4 aliphatic rings. The summed E-state index contributed by atoms with van der Waals surface area (Å²) in [6.45, 7) is 24.7. The number of allylic oxidation sites excluding steroid dienone is 4. The van der Waals surface area contributed by atoms with Crippen LogP contribution in [0.3, 0.4) is 0 Å². The molecule has 234 valence electrons. The molecule has 0 N–H and O–H groups in total. The fourth-order valence-corrected chi connectivity index (χ4v) is 7.65. The Balaban J connectivity index is 1.68. The van der Waals surface area contributed by atoms with Crippen LogP contribution in [0.1, 0.15) is 85.3 Å². The summed E-state index contributed by atoms with van der Waals surface area (Å²) in [7, 11) is 8.65. The largest absolute Gasteiger partial charge is 0.345 e. The van der Waals surface area contributed by atoms with Gasteiger partial charge < -0.3 is 19.6 Å². The molecule has 0 aromatic heterocycles. The van der Waals surface area contributed by atoms with Crippen molar-refractivity contribution in [3.8, 4) is 0 Å². The Labute approximate surface area is 261 Å². The van der Waals surface area contributed by atoms with Crippen molar-refractivity contribution in [1.29, 1.82) is 0 Å². The highest BCUT2D eigenvalue weighted by atomic mass is 15.4. The second-order valence-corrected chi connectivity index (χ2v) is 15.9. The van der Waals surface area contributed by atoms with Crippen molar-refractivity contribution in [3.63, 3.8) is 0 Å². The van der Waals surface area contributed by atoms with Crippen molar-refractivity contribution in [2.75, 3.05) is 54.4 Å². The normalized spacial score (nSPS) is 25.0. The molecule has 5 rings (SSSR count). The van der Waals surface area contributed by atoms with Crippen molar-refractivity contribution in [1.82, 2.24) is 19.6 Å². The van der Waals surface area contributed by atoms with E-state index in [0.29, 0.717) is 11.8 Å². The molecular weight excluding hydrogens is 530 g/mol. The summed E-state index contributed by atoms with van der Waals surface area (Å²) < 4.78 is 0. The van der Waals surface area contributed by atoms with Crippen molar-refractivity contribution in [3.05, 3.63) is 46.7 Å². The molecule has 1 aliphatic carbocycles. The van der Waals surface area contributed by atoms with Crippen molar-refractivity contribution >= 4 is 29.0 Å². The molecule has 1 aromatic carbocycles. The zero-order valence-electron chi connectivity index (χ0n) is 29.1. The van der Waals surface area contributed by atoms with Crippen LogP contribution >= 0.6 is 0 Å². The topological polar surface area (TPSA) is 50.0 Å². The highest BCUT2D eigenvalue weighted by Crippen LogP contribution is 2.49. The number of rotatable bonds is 4. The second-order valence-electron chi connectivity index (χ2n) is 15.9. The monoisotopic (exact) mass is 585 g/mol. The number of hydrogen-bond acceptors (Lipinski definition) is 3. The van der Waals surface area contributed by atoms with E-state index >= 15 is 0 Å². The third-order valence-corrected chi connectivity index (χ3v) is 9.46. The molecule has 3 heterocycles. The maximum atomic E-state index is 5.50. The fraction of sp³-hybridized carbons (Fsp3) is 0.639. The molecule has 2 fully saturated rings. The number of guanidine groups is 2. The second kappa shape index (κ2) is 11.1. The molecule has 0 bridgehead atoms. The molecule has 0 radical (unpaired) electrons. The molecule has 0 amide bonds. The molecule has 7 nitrogen and oxygen atoms in total. The summed E-state index contributed by atoms with van der Waals surface area (Å²) in [5.41, 5.74) is 8.39.